The molecule has 0 aliphatic rings. The van der Waals surface area contributed by atoms with Crippen molar-refractivity contribution >= 4 is 11.8 Å². The van der Waals surface area contributed by atoms with E-state index in [0.29, 0.717) is 0 Å². The van der Waals surface area contributed by atoms with Gasteiger partial charge in [-0.2, -0.15) is 0 Å². The van der Waals surface area contributed by atoms with Crippen LogP contribution in [0, 0.1) is 0 Å². The maximum Gasteiger partial charge on any atom is 0.341 e. The molecule has 0 aromatic rings. The van der Waals surface area contributed by atoms with Crippen molar-refractivity contribution in [3.8, 4) is 0 Å². The third-order valence-corrected chi connectivity index (χ3v) is 2.50. The van der Waals surface area contributed by atoms with Crippen LogP contribution in [-0.4, -0.2) is 18.4 Å². The van der Waals surface area contributed by atoms with Gasteiger partial charge in [-0.1, -0.05) is 23.3 Å². The minimum Gasteiger partial charge on any atom is -0.462 e. The van der Waals surface area contributed by atoms with Crippen molar-refractivity contribution in [3.63, 3.8) is 0 Å². The lowest BCUT2D eigenvalue weighted by atomic mass is 10.1. The summed E-state index contributed by atoms with van der Waals surface area (Å²) in [5, 5.41) is 0. The van der Waals surface area contributed by atoms with Gasteiger partial charge in [0.1, 0.15) is 5.57 Å². The SMILES string of the molecule is CCOC(=O)C(=CC=C(C)CCC=C(C)C)C(C)=O. The molecule has 0 heterocycles. The Hall–Kier alpha value is -1.64. The van der Waals surface area contributed by atoms with Crippen molar-refractivity contribution < 1.29 is 14.3 Å². The Morgan fingerprint density at radius 3 is 2.16 bits per heavy atom. The number of Topliss-reactive ketones (excluding diaryl/α,β-unsaturated/α-hetero) is 1. The maximum atomic E-state index is 11.6. The van der Waals surface area contributed by atoms with E-state index in [1.54, 1.807) is 13.0 Å². The van der Waals surface area contributed by atoms with Crippen molar-refractivity contribution in [1.82, 2.24) is 0 Å². The third kappa shape index (κ3) is 8.14. The summed E-state index contributed by atoms with van der Waals surface area (Å²) in [5.74, 6) is -0.824. The topological polar surface area (TPSA) is 43.4 Å². The molecule has 3 heteroatoms. The van der Waals surface area contributed by atoms with Crippen molar-refractivity contribution in [1.29, 1.82) is 0 Å². The summed E-state index contributed by atoms with van der Waals surface area (Å²) in [5.41, 5.74) is 2.52. The van der Waals surface area contributed by atoms with Crippen LogP contribution < -0.4 is 0 Å². The molecule has 0 saturated carbocycles. The predicted molar refractivity (Wildman–Crippen MR) is 77.8 cm³/mol. The van der Waals surface area contributed by atoms with Crippen molar-refractivity contribution in [3.05, 3.63) is 34.9 Å². The molecule has 106 valence electrons. The van der Waals surface area contributed by atoms with E-state index in [1.807, 2.05) is 13.0 Å². The maximum absolute atomic E-state index is 11.6. The van der Waals surface area contributed by atoms with E-state index in [4.69, 9.17) is 4.74 Å². The van der Waals surface area contributed by atoms with Crippen molar-refractivity contribution in [2.24, 2.45) is 0 Å². The highest BCUT2D eigenvalue weighted by atomic mass is 16.5. The van der Waals surface area contributed by atoms with Gasteiger partial charge in [0.15, 0.2) is 5.78 Å². The first-order valence-corrected chi connectivity index (χ1v) is 6.57. The largest absolute Gasteiger partial charge is 0.462 e. The molecule has 0 unspecified atom stereocenters. The number of carbonyl (C=O) groups excluding carboxylic acids is 2. The van der Waals surface area contributed by atoms with Gasteiger partial charge >= 0.3 is 5.97 Å². The highest BCUT2D eigenvalue weighted by Crippen LogP contribution is 2.09. The van der Waals surface area contributed by atoms with E-state index >= 15 is 0 Å². The smallest absolute Gasteiger partial charge is 0.341 e. The zero-order valence-corrected chi connectivity index (χ0v) is 12.6. The summed E-state index contributed by atoms with van der Waals surface area (Å²) in [6, 6.07) is 0. The molecule has 0 amide bonds. The number of hydrogen-bond donors (Lipinski definition) is 0. The molecule has 0 aliphatic carbocycles. The molecule has 0 radical (unpaired) electrons. The van der Waals surface area contributed by atoms with Crippen LogP contribution >= 0.6 is 0 Å². The quantitative estimate of drug-likeness (QED) is 0.176. The van der Waals surface area contributed by atoms with Crippen LogP contribution in [0.5, 0.6) is 0 Å². The summed E-state index contributed by atoms with van der Waals surface area (Å²) >= 11 is 0. The van der Waals surface area contributed by atoms with Crippen LogP contribution in [0.15, 0.2) is 34.9 Å². The van der Waals surface area contributed by atoms with Gasteiger partial charge in [0, 0.05) is 0 Å². The number of ether oxygens (including phenoxy) is 1. The first-order chi connectivity index (χ1) is 8.88. The number of rotatable bonds is 7. The molecule has 0 bridgehead atoms. The van der Waals surface area contributed by atoms with Gasteiger partial charge in [-0.15, -0.1) is 0 Å². The highest BCUT2D eigenvalue weighted by molar-refractivity contribution is 6.16. The molecular weight excluding hydrogens is 240 g/mol. The standard InChI is InChI=1S/C16H24O3/c1-6-19-16(18)15(14(5)17)11-10-13(4)9-7-8-12(2)3/h8,10-11H,6-7,9H2,1-5H3. The van der Waals surface area contributed by atoms with Gasteiger partial charge in [0.25, 0.3) is 0 Å². The average molecular weight is 264 g/mol. The normalized spacial score (nSPS) is 12.1. The van der Waals surface area contributed by atoms with E-state index < -0.39 is 5.97 Å². The molecule has 3 nitrogen and oxygen atoms in total. The second kappa shape index (κ2) is 9.31. The van der Waals surface area contributed by atoms with E-state index in [9.17, 15) is 9.59 Å². The lowest BCUT2D eigenvalue weighted by molar-refractivity contribution is -0.139. The molecule has 0 aromatic carbocycles. The first kappa shape index (κ1) is 17.4. The fraction of sp³-hybridized carbons (Fsp3) is 0.500. The van der Waals surface area contributed by atoms with Crippen LogP contribution in [0.4, 0.5) is 0 Å². The summed E-state index contributed by atoms with van der Waals surface area (Å²) in [7, 11) is 0. The Balaban J connectivity index is 4.72. The van der Waals surface area contributed by atoms with E-state index in [2.05, 4.69) is 19.9 Å². The second-order valence-electron chi connectivity index (χ2n) is 4.69. The van der Waals surface area contributed by atoms with Crippen LogP contribution in [0.2, 0.25) is 0 Å². The van der Waals surface area contributed by atoms with E-state index in [0.717, 1.165) is 18.4 Å². The monoisotopic (exact) mass is 264 g/mol. The summed E-state index contributed by atoms with van der Waals surface area (Å²) in [6.07, 6.45) is 7.41. The Labute approximate surface area is 116 Å². The van der Waals surface area contributed by atoms with E-state index in [-0.39, 0.29) is 18.0 Å². The Bertz CT molecular complexity index is 408. The van der Waals surface area contributed by atoms with Gasteiger partial charge in [-0.05, 0) is 53.5 Å². The van der Waals surface area contributed by atoms with Crippen LogP contribution in [0.3, 0.4) is 0 Å². The minimum atomic E-state index is -0.552. The fourth-order valence-corrected chi connectivity index (χ4v) is 1.44. The number of carbonyl (C=O) groups is 2. The molecule has 0 atom stereocenters. The lowest BCUT2D eigenvalue weighted by Gasteiger charge is -2.02. The van der Waals surface area contributed by atoms with Gasteiger partial charge < -0.3 is 4.74 Å². The van der Waals surface area contributed by atoms with Crippen LogP contribution in [-0.2, 0) is 14.3 Å². The van der Waals surface area contributed by atoms with Gasteiger partial charge in [0.2, 0.25) is 0 Å². The molecule has 0 spiro atoms. The van der Waals surface area contributed by atoms with Crippen molar-refractivity contribution in [2.75, 3.05) is 6.61 Å². The predicted octanol–water partition coefficient (Wildman–Crippen LogP) is 3.76. The van der Waals surface area contributed by atoms with Crippen molar-refractivity contribution in [2.45, 2.75) is 47.5 Å². The molecule has 0 fully saturated rings. The minimum absolute atomic E-state index is 0.100. The molecule has 0 aromatic heterocycles. The van der Waals surface area contributed by atoms with Gasteiger partial charge in [-0.25, -0.2) is 4.79 Å². The van der Waals surface area contributed by atoms with Crippen LogP contribution in [0.25, 0.3) is 0 Å². The van der Waals surface area contributed by atoms with Gasteiger partial charge in [-0.3, -0.25) is 4.79 Å². The number of hydrogen-bond acceptors (Lipinski definition) is 3. The molecule has 0 rings (SSSR count). The Morgan fingerprint density at radius 1 is 1.05 bits per heavy atom. The zero-order chi connectivity index (χ0) is 14.8. The molecule has 0 N–H and O–H groups in total. The Kier molecular flexibility index (Phi) is 8.51. The zero-order valence-electron chi connectivity index (χ0n) is 12.6. The summed E-state index contributed by atoms with van der Waals surface area (Å²) in [4.78, 5) is 22.9. The highest BCUT2D eigenvalue weighted by Gasteiger charge is 2.14. The number of ketones is 1. The second-order valence-corrected chi connectivity index (χ2v) is 4.69. The number of esters is 1. The average Bonchev–Trinajstić information content (AvgIpc) is 2.28. The molecule has 0 saturated heterocycles. The summed E-state index contributed by atoms with van der Waals surface area (Å²) in [6.45, 7) is 9.47. The van der Waals surface area contributed by atoms with Crippen LogP contribution in [0.1, 0.15) is 47.5 Å². The molecular formula is C16H24O3. The Morgan fingerprint density at radius 2 is 1.68 bits per heavy atom. The molecule has 0 aliphatic heterocycles. The summed E-state index contributed by atoms with van der Waals surface area (Å²) < 4.78 is 4.84. The number of allylic oxidation sites excluding steroid dienone is 5. The van der Waals surface area contributed by atoms with E-state index in [1.165, 1.54) is 12.5 Å². The third-order valence-electron chi connectivity index (χ3n) is 2.50. The molecule has 19 heavy (non-hydrogen) atoms. The fourth-order valence-electron chi connectivity index (χ4n) is 1.44. The van der Waals surface area contributed by atoms with Gasteiger partial charge in [0.05, 0.1) is 6.61 Å². The first-order valence-electron chi connectivity index (χ1n) is 6.57. The lowest BCUT2D eigenvalue weighted by Crippen LogP contribution is -2.13.